The number of carbonyl (C=O) groups is 2. The number of hydrogen-bond donors (Lipinski definition) is 2. The van der Waals surface area contributed by atoms with E-state index in [1.807, 2.05) is 24.5 Å². The number of aryl methyl sites for hydroxylation is 1. The van der Waals surface area contributed by atoms with Crippen molar-refractivity contribution in [2.75, 3.05) is 13.2 Å². The molecule has 18 heavy (non-hydrogen) atoms. The molecule has 7 heteroatoms. The van der Waals surface area contributed by atoms with E-state index in [-0.39, 0.29) is 13.2 Å². The molecule has 0 unspecified atom stereocenters. The summed E-state index contributed by atoms with van der Waals surface area (Å²) in [5.74, 6) is -0.633. The lowest BCUT2D eigenvalue weighted by molar-refractivity contribution is -0.139. The summed E-state index contributed by atoms with van der Waals surface area (Å²) in [4.78, 5) is 26.1. The molecule has 0 saturated carbocycles. The van der Waals surface area contributed by atoms with E-state index in [1.165, 1.54) is 0 Å². The Morgan fingerprint density at radius 1 is 1.39 bits per heavy atom. The fourth-order valence-electron chi connectivity index (χ4n) is 1.08. The molecular weight excluding hydrogens is 304 g/mol. The quantitative estimate of drug-likeness (QED) is 0.755. The van der Waals surface area contributed by atoms with E-state index in [0.717, 1.165) is 10.0 Å². The summed E-state index contributed by atoms with van der Waals surface area (Å²) >= 11 is 3.32. The summed E-state index contributed by atoms with van der Waals surface area (Å²) in [6, 6.07) is 5.48. The van der Waals surface area contributed by atoms with Crippen molar-refractivity contribution in [2.24, 2.45) is 5.73 Å². The normalized spacial score (nSPS) is 9.89. The maximum Gasteiger partial charge on any atom is 0.281 e. The standard InChI is InChI=1S/C11H13BrN2O4/c1-7-2-3-9(8(12)4-7)17-6-11(16)14-18-5-10(13)15/h2-4H,5-6H2,1H3,(H2,13,15)(H,14,16). The summed E-state index contributed by atoms with van der Waals surface area (Å²) in [6.07, 6.45) is 0. The molecule has 1 rings (SSSR count). The molecule has 0 fully saturated rings. The van der Waals surface area contributed by atoms with E-state index in [0.29, 0.717) is 5.75 Å². The van der Waals surface area contributed by atoms with Gasteiger partial charge in [-0.15, -0.1) is 0 Å². The number of halogens is 1. The third-order valence-corrected chi connectivity index (χ3v) is 2.47. The first-order chi connectivity index (χ1) is 8.49. The van der Waals surface area contributed by atoms with Crippen LogP contribution in [-0.4, -0.2) is 25.0 Å². The van der Waals surface area contributed by atoms with Crippen molar-refractivity contribution in [3.05, 3.63) is 28.2 Å². The Kier molecular flexibility index (Phi) is 5.60. The predicted octanol–water partition coefficient (Wildman–Crippen LogP) is 0.669. The number of amides is 2. The van der Waals surface area contributed by atoms with Crippen molar-refractivity contribution in [1.29, 1.82) is 0 Å². The lowest BCUT2D eigenvalue weighted by Gasteiger charge is -2.08. The fourth-order valence-corrected chi connectivity index (χ4v) is 1.69. The Morgan fingerprint density at radius 3 is 2.72 bits per heavy atom. The molecule has 0 spiro atoms. The van der Waals surface area contributed by atoms with Gasteiger partial charge in [-0.1, -0.05) is 6.07 Å². The van der Waals surface area contributed by atoms with Crippen molar-refractivity contribution in [3.8, 4) is 5.75 Å². The van der Waals surface area contributed by atoms with Gasteiger partial charge in [-0.3, -0.25) is 14.4 Å². The number of rotatable bonds is 6. The van der Waals surface area contributed by atoms with Crippen molar-refractivity contribution in [3.63, 3.8) is 0 Å². The van der Waals surface area contributed by atoms with Gasteiger partial charge in [0.15, 0.2) is 13.2 Å². The van der Waals surface area contributed by atoms with E-state index in [2.05, 4.69) is 20.8 Å². The highest BCUT2D eigenvalue weighted by molar-refractivity contribution is 9.10. The van der Waals surface area contributed by atoms with Crippen LogP contribution in [-0.2, 0) is 14.4 Å². The zero-order valence-corrected chi connectivity index (χ0v) is 11.3. The molecule has 0 heterocycles. The first kappa shape index (κ1) is 14.5. The third-order valence-electron chi connectivity index (χ3n) is 1.85. The molecule has 1 aromatic rings. The Labute approximate surface area is 113 Å². The summed E-state index contributed by atoms with van der Waals surface area (Å²) in [6.45, 7) is 1.35. The molecule has 0 aliphatic rings. The van der Waals surface area contributed by atoms with Gasteiger partial charge < -0.3 is 10.5 Å². The highest BCUT2D eigenvalue weighted by Crippen LogP contribution is 2.25. The fraction of sp³-hybridized carbons (Fsp3) is 0.273. The smallest absolute Gasteiger partial charge is 0.281 e. The van der Waals surface area contributed by atoms with E-state index in [9.17, 15) is 9.59 Å². The summed E-state index contributed by atoms with van der Waals surface area (Å²) in [5, 5.41) is 0. The van der Waals surface area contributed by atoms with Crippen LogP contribution in [0.3, 0.4) is 0 Å². The number of benzene rings is 1. The summed E-state index contributed by atoms with van der Waals surface area (Å²) in [7, 11) is 0. The van der Waals surface area contributed by atoms with Gasteiger partial charge in [0, 0.05) is 0 Å². The Hall–Kier alpha value is -1.60. The average Bonchev–Trinajstić information content (AvgIpc) is 2.27. The van der Waals surface area contributed by atoms with E-state index in [4.69, 9.17) is 10.5 Å². The molecular formula is C11H13BrN2O4. The Morgan fingerprint density at radius 2 is 2.11 bits per heavy atom. The van der Waals surface area contributed by atoms with Crippen molar-refractivity contribution < 1.29 is 19.2 Å². The average molecular weight is 317 g/mol. The maximum absolute atomic E-state index is 11.2. The van der Waals surface area contributed by atoms with Crippen LogP contribution in [0.15, 0.2) is 22.7 Å². The number of hydroxylamine groups is 1. The van der Waals surface area contributed by atoms with E-state index < -0.39 is 11.8 Å². The predicted molar refractivity (Wildman–Crippen MR) is 67.7 cm³/mol. The van der Waals surface area contributed by atoms with Crippen LogP contribution < -0.4 is 16.0 Å². The third kappa shape index (κ3) is 5.15. The number of primary amides is 1. The number of nitrogens with two attached hydrogens (primary N) is 1. The van der Waals surface area contributed by atoms with Gasteiger partial charge in [-0.25, -0.2) is 5.48 Å². The van der Waals surface area contributed by atoms with Gasteiger partial charge in [0.05, 0.1) is 4.47 Å². The minimum absolute atomic E-state index is 0.222. The minimum Gasteiger partial charge on any atom is -0.483 e. The van der Waals surface area contributed by atoms with Gasteiger partial charge in [0.25, 0.3) is 5.91 Å². The molecule has 2 amide bonds. The monoisotopic (exact) mass is 316 g/mol. The molecule has 0 bridgehead atoms. The second-order valence-electron chi connectivity index (χ2n) is 3.50. The lowest BCUT2D eigenvalue weighted by atomic mass is 10.2. The second-order valence-corrected chi connectivity index (χ2v) is 4.36. The summed E-state index contributed by atoms with van der Waals surface area (Å²) < 4.78 is 6.01. The number of ether oxygens (including phenoxy) is 1. The zero-order chi connectivity index (χ0) is 13.5. The van der Waals surface area contributed by atoms with Gasteiger partial charge >= 0.3 is 0 Å². The molecule has 3 N–H and O–H groups in total. The van der Waals surface area contributed by atoms with Gasteiger partial charge in [0.1, 0.15) is 5.75 Å². The van der Waals surface area contributed by atoms with Crippen molar-refractivity contribution in [2.45, 2.75) is 6.92 Å². The topological polar surface area (TPSA) is 90.7 Å². The van der Waals surface area contributed by atoms with Crippen LogP contribution in [0, 0.1) is 6.92 Å². The van der Waals surface area contributed by atoms with Crippen LogP contribution in [0.2, 0.25) is 0 Å². The van der Waals surface area contributed by atoms with Crippen molar-refractivity contribution >= 4 is 27.7 Å². The second kappa shape index (κ2) is 6.97. The molecule has 0 aliphatic heterocycles. The molecule has 6 nitrogen and oxygen atoms in total. The minimum atomic E-state index is -0.669. The van der Waals surface area contributed by atoms with Crippen molar-refractivity contribution in [1.82, 2.24) is 5.48 Å². The van der Waals surface area contributed by atoms with Gasteiger partial charge in [-0.2, -0.15) is 0 Å². The first-order valence-electron chi connectivity index (χ1n) is 5.07. The Balaban J connectivity index is 2.36. The van der Waals surface area contributed by atoms with Crippen LogP contribution in [0.5, 0.6) is 5.75 Å². The molecule has 1 aromatic carbocycles. The number of hydrogen-bond acceptors (Lipinski definition) is 4. The van der Waals surface area contributed by atoms with E-state index in [1.54, 1.807) is 6.07 Å². The Bertz CT molecular complexity index is 451. The van der Waals surface area contributed by atoms with Crippen LogP contribution >= 0.6 is 15.9 Å². The van der Waals surface area contributed by atoms with Crippen LogP contribution in [0.25, 0.3) is 0 Å². The molecule has 0 aliphatic carbocycles. The molecule has 0 radical (unpaired) electrons. The molecule has 98 valence electrons. The maximum atomic E-state index is 11.2. The highest BCUT2D eigenvalue weighted by atomic mass is 79.9. The van der Waals surface area contributed by atoms with E-state index >= 15 is 0 Å². The first-order valence-corrected chi connectivity index (χ1v) is 5.86. The molecule has 0 atom stereocenters. The molecule has 0 aromatic heterocycles. The highest BCUT2D eigenvalue weighted by Gasteiger charge is 2.06. The lowest BCUT2D eigenvalue weighted by Crippen LogP contribution is -2.32. The van der Waals surface area contributed by atoms with Crippen LogP contribution in [0.1, 0.15) is 5.56 Å². The van der Waals surface area contributed by atoms with Gasteiger partial charge in [-0.05, 0) is 40.5 Å². The van der Waals surface area contributed by atoms with Crippen LogP contribution in [0.4, 0.5) is 0 Å². The largest absolute Gasteiger partial charge is 0.483 e. The molecule has 0 saturated heterocycles. The van der Waals surface area contributed by atoms with Gasteiger partial charge in [0.2, 0.25) is 5.91 Å². The number of carbonyl (C=O) groups excluding carboxylic acids is 2. The number of nitrogens with one attached hydrogen (secondary N) is 1. The summed E-state index contributed by atoms with van der Waals surface area (Å²) in [5.41, 5.74) is 7.93. The SMILES string of the molecule is Cc1ccc(OCC(=O)NOCC(N)=O)c(Br)c1. The zero-order valence-electron chi connectivity index (χ0n) is 9.73.